The van der Waals surface area contributed by atoms with Gasteiger partial charge >= 0.3 is 5.97 Å². The lowest BCUT2D eigenvalue weighted by atomic mass is 10.1. The quantitative estimate of drug-likeness (QED) is 0.916. The van der Waals surface area contributed by atoms with E-state index >= 15 is 0 Å². The first kappa shape index (κ1) is 14.8. The number of benzene rings is 2. The van der Waals surface area contributed by atoms with E-state index in [1.54, 1.807) is 25.1 Å². The van der Waals surface area contributed by atoms with E-state index in [0.717, 1.165) is 5.56 Å². The van der Waals surface area contributed by atoms with Crippen LogP contribution in [-0.2, 0) is 6.61 Å². The van der Waals surface area contributed by atoms with Crippen molar-refractivity contribution in [2.75, 3.05) is 7.11 Å². The molecule has 1 N–H and O–H groups in total. The Morgan fingerprint density at radius 1 is 1.24 bits per heavy atom. The van der Waals surface area contributed by atoms with E-state index in [-0.39, 0.29) is 12.2 Å². The summed E-state index contributed by atoms with van der Waals surface area (Å²) in [6.07, 6.45) is 0. The SMILES string of the molecule is COc1ccc(COc2cc(C(=O)O)ccc2C)c(F)c1. The van der Waals surface area contributed by atoms with Gasteiger partial charge in [-0.05, 0) is 36.8 Å². The molecule has 2 aromatic carbocycles. The fourth-order valence-corrected chi connectivity index (χ4v) is 1.82. The van der Waals surface area contributed by atoms with Crippen LogP contribution in [0.4, 0.5) is 4.39 Å². The molecule has 0 radical (unpaired) electrons. The predicted molar refractivity (Wildman–Crippen MR) is 75.4 cm³/mol. The zero-order chi connectivity index (χ0) is 15.4. The number of carbonyl (C=O) groups is 1. The number of carboxylic acid groups (broad SMARTS) is 1. The highest BCUT2D eigenvalue weighted by molar-refractivity contribution is 5.88. The Morgan fingerprint density at radius 3 is 2.62 bits per heavy atom. The highest BCUT2D eigenvalue weighted by Crippen LogP contribution is 2.22. The van der Waals surface area contributed by atoms with Crippen LogP contribution in [0.2, 0.25) is 0 Å². The lowest BCUT2D eigenvalue weighted by Gasteiger charge is -2.11. The van der Waals surface area contributed by atoms with Gasteiger partial charge in [-0.2, -0.15) is 0 Å². The van der Waals surface area contributed by atoms with E-state index < -0.39 is 11.8 Å². The molecule has 0 amide bonds. The highest BCUT2D eigenvalue weighted by Gasteiger charge is 2.09. The molecule has 0 aliphatic heterocycles. The molecule has 0 bridgehead atoms. The van der Waals surface area contributed by atoms with Gasteiger partial charge in [0.05, 0.1) is 12.7 Å². The number of hydrogen-bond acceptors (Lipinski definition) is 3. The van der Waals surface area contributed by atoms with E-state index in [4.69, 9.17) is 14.6 Å². The molecule has 2 aromatic rings. The van der Waals surface area contributed by atoms with Gasteiger partial charge in [0.25, 0.3) is 0 Å². The zero-order valence-corrected chi connectivity index (χ0v) is 11.7. The van der Waals surface area contributed by atoms with Crippen LogP contribution in [0, 0.1) is 12.7 Å². The van der Waals surface area contributed by atoms with Crippen molar-refractivity contribution in [3.05, 3.63) is 58.9 Å². The number of hydrogen-bond donors (Lipinski definition) is 1. The summed E-state index contributed by atoms with van der Waals surface area (Å²) in [5, 5.41) is 8.96. The van der Waals surface area contributed by atoms with Gasteiger partial charge < -0.3 is 14.6 Å². The number of aryl methyl sites for hydroxylation is 1. The molecule has 0 saturated carbocycles. The molecule has 0 aromatic heterocycles. The fraction of sp³-hybridized carbons (Fsp3) is 0.188. The summed E-state index contributed by atoms with van der Waals surface area (Å²) < 4.78 is 24.2. The highest BCUT2D eigenvalue weighted by atomic mass is 19.1. The maximum absolute atomic E-state index is 13.8. The van der Waals surface area contributed by atoms with Gasteiger partial charge in [-0.3, -0.25) is 0 Å². The maximum Gasteiger partial charge on any atom is 0.335 e. The summed E-state index contributed by atoms with van der Waals surface area (Å²) in [5.74, 6) is -0.609. The van der Waals surface area contributed by atoms with Crippen LogP contribution in [0.3, 0.4) is 0 Å². The van der Waals surface area contributed by atoms with Crippen LogP contribution in [0.1, 0.15) is 21.5 Å². The zero-order valence-electron chi connectivity index (χ0n) is 11.7. The molecule has 4 nitrogen and oxygen atoms in total. The van der Waals surface area contributed by atoms with E-state index in [1.165, 1.54) is 25.3 Å². The lowest BCUT2D eigenvalue weighted by molar-refractivity contribution is 0.0696. The standard InChI is InChI=1S/C16H15FO4/c1-10-3-4-11(16(18)19)7-15(10)21-9-12-5-6-13(20-2)8-14(12)17/h3-8H,9H2,1-2H3,(H,18,19). The van der Waals surface area contributed by atoms with Crippen LogP contribution >= 0.6 is 0 Å². The Hall–Kier alpha value is -2.56. The molecule has 0 fully saturated rings. The number of ether oxygens (including phenoxy) is 2. The molecule has 5 heteroatoms. The minimum atomic E-state index is -1.03. The van der Waals surface area contributed by atoms with Crippen LogP contribution in [0.5, 0.6) is 11.5 Å². The molecule has 110 valence electrons. The third-order valence-corrected chi connectivity index (χ3v) is 3.08. The second kappa shape index (κ2) is 6.26. The first-order chi connectivity index (χ1) is 10.0. The Kier molecular flexibility index (Phi) is 4.42. The number of methoxy groups -OCH3 is 1. The minimum absolute atomic E-state index is 0.0136. The number of halogens is 1. The van der Waals surface area contributed by atoms with Gasteiger partial charge in [-0.1, -0.05) is 6.07 Å². The van der Waals surface area contributed by atoms with Gasteiger partial charge in [0.2, 0.25) is 0 Å². The monoisotopic (exact) mass is 290 g/mol. The molecule has 0 aliphatic carbocycles. The molecule has 0 aliphatic rings. The first-order valence-corrected chi connectivity index (χ1v) is 6.30. The number of carboxylic acids is 1. The van der Waals surface area contributed by atoms with Crippen LogP contribution < -0.4 is 9.47 Å². The second-order valence-electron chi connectivity index (χ2n) is 4.53. The average molecular weight is 290 g/mol. The lowest BCUT2D eigenvalue weighted by Crippen LogP contribution is -2.02. The minimum Gasteiger partial charge on any atom is -0.497 e. The van der Waals surface area contributed by atoms with Gasteiger partial charge in [-0.25, -0.2) is 9.18 Å². The van der Waals surface area contributed by atoms with Crippen LogP contribution in [0.15, 0.2) is 36.4 Å². The summed E-state index contributed by atoms with van der Waals surface area (Å²) in [6, 6.07) is 9.08. The smallest absolute Gasteiger partial charge is 0.335 e. The van der Waals surface area contributed by atoms with Gasteiger partial charge in [0, 0.05) is 11.6 Å². The fourth-order valence-electron chi connectivity index (χ4n) is 1.82. The van der Waals surface area contributed by atoms with Crippen LogP contribution in [0.25, 0.3) is 0 Å². The summed E-state index contributed by atoms with van der Waals surface area (Å²) in [5.41, 5.74) is 1.29. The van der Waals surface area contributed by atoms with E-state index in [2.05, 4.69) is 0 Å². The summed E-state index contributed by atoms with van der Waals surface area (Å²) in [7, 11) is 1.46. The Morgan fingerprint density at radius 2 is 2.00 bits per heavy atom. The molecular weight excluding hydrogens is 275 g/mol. The molecule has 0 spiro atoms. The van der Waals surface area contributed by atoms with Crippen molar-refractivity contribution in [2.45, 2.75) is 13.5 Å². The Bertz CT molecular complexity index is 667. The van der Waals surface area contributed by atoms with Gasteiger partial charge in [0.15, 0.2) is 0 Å². The van der Waals surface area contributed by atoms with E-state index in [9.17, 15) is 9.18 Å². The second-order valence-corrected chi connectivity index (χ2v) is 4.53. The van der Waals surface area contributed by atoms with Gasteiger partial charge in [-0.15, -0.1) is 0 Å². The predicted octanol–water partition coefficient (Wildman–Crippen LogP) is 3.42. The molecule has 0 unspecified atom stereocenters. The van der Waals surface area contributed by atoms with Crippen LogP contribution in [-0.4, -0.2) is 18.2 Å². The number of aromatic carboxylic acids is 1. The molecule has 0 saturated heterocycles. The summed E-state index contributed by atoms with van der Waals surface area (Å²) >= 11 is 0. The maximum atomic E-state index is 13.8. The van der Waals surface area contributed by atoms with Crippen molar-refractivity contribution in [2.24, 2.45) is 0 Å². The normalized spacial score (nSPS) is 10.2. The van der Waals surface area contributed by atoms with Crippen molar-refractivity contribution in [3.63, 3.8) is 0 Å². The Labute approximate surface area is 121 Å². The molecule has 21 heavy (non-hydrogen) atoms. The third-order valence-electron chi connectivity index (χ3n) is 3.08. The summed E-state index contributed by atoms with van der Waals surface area (Å²) in [6.45, 7) is 1.81. The van der Waals surface area contributed by atoms with E-state index in [0.29, 0.717) is 17.1 Å². The van der Waals surface area contributed by atoms with Crippen molar-refractivity contribution in [1.82, 2.24) is 0 Å². The van der Waals surface area contributed by atoms with Crippen molar-refractivity contribution >= 4 is 5.97 Å². The largest absolute Gasteiger partial charge is 0.497 e. The average Bonchev–Trinajstić information content (AvgIpc) is 2.47. The Balaban J connectivity index is 2.16. The molecular formula is C16H15FO4. The van der Waals surface area contributed by atoms with Crippen molar-refractivity contribution in [1.29, 1.82) is 0 Å². The van der Waals surface area contributed by atoms with Gasteiger partial charge in [0.1, 0.15) is 23.9 Å². The number of rotatable bonds is 5. The van der Waals surface area contributed by atoms with E-state index in [1.807, 2.05) is 0 Å². The molecule has 0 heterocycles. The topological polar surface area (TPSA) is 55.8 Å². The van der Waals surface area contributed by atoms with Crippen molar-refractivity contribution < 1.29 is 23.8 Å². The third kappa shape index (κ3) is 3.51. The molecule has 0 atom stereocenters. The molecule has 2 rings (SSSR count). The summed E-state index contributed by atoms with van der Waals surface area (Å²) in [4.78, 5) is 10.9. The van der Waals surface area contributed by atoms with Crippen molar-refractivity contribution in [3.8, 4) is 11.5 Å². The first-order valence-electron chi connectivity index (χ1n) is 6.30.